The van der Waals surface area contributed by atoms with Crippen molar-refractivity contribution in [1.82, 2.24) is 15.1 Å². The molecule has 2 N–H and O–H groups in total. The number of furan rings is 1. The van der Waals surface area contributed by atoms with Crippen molar-refractivity contribution in [3.8, 4) is 11.5 Å². The molecule has 1 aromatic carbocycles. The topological polar surface area (TPSA) is 108 Å². The number of halogens is 1. The van der Waals surface area contributed by atoms with Crippen LogP contribution in [0.25, 0.3) is 11.5 Å². The van der Waals surface area contributed by atoms with Crippen LogP contribution in [-0.2, 0) is 10.0 Å². The van der Waals surface area contributed by atoms with E-state index in [0.717, 1.165) is 5.56 Å². The number of sulfonamides is 1. The van der Waals surface area contributed by atoms with Crippen molar-refractivity contribution >= 4 is 33.2 Å². The molecule has 2 heterocycles. The number of hydrogen-bond donors (Lipinski definition) is 2. The normalized spacial score (nSPS) is 11.5. The zero-order chi connectivity index (χ0) is 20.6. The number of aromatic amines is 1. The molecule has 0 unspecified atom stereocenters. The maximum absolute atomic E-state index is 12.9. The van der Waals surface area contributed by atoms with E-state index in [1.807, 2.05) is 6.92 Å². The molecule has 0 fully saturated rings. The van der Waals surface area contributed by atoms with E-state index in [4.69, 9.17) is 16.0 Å². The molecular formula is C18H19ClN4O4S. The summed E-state index contributed by atoms with van der Waals surface area (Å²) in [7, 11) is -0.743. The van der Waals surface area contributed by atoms with Crippen LogP contribution in [0.3, 0.4) is 0 Å². The Bertz CT molecular complexity index is 1150. The molecule has 0 spiro atoms. The van der Waals surface area contributed by atoms with E-state index in [1.165, 1.54) is 24.1 Å². The number of carbonyl (C=O) groups is 1. The van der Waals surface area contributed by atoms with Crippen LogP contribution in [0, 0.1) is 13.8 Å². The summed E-state index contributed by atoms with van der Waals surface area (Å²) >= 11 is 6.10. The van der Waals surface area contributed by atoms with Gasteiger partial charge in [-0.2, -0.15) is 5.10 Å². The van der Waals surface area contributed by atoms with Crippen LogP contribution in [0.1, 0.15) is 21.7 Å². The monoisotopic (exact) mass is 422 g/mol. The number of aryl methyl sites for hydroxylation is 2. The second-order valence-electron chi connectivity index (χ2n) is 6.48. The van der Waals surface area contributed by atoms with E-state index in [-0.39, 0.29) is 38.6 Å². The van der Waals surface area contributed by atoms with Gasteiger partial charge in [0.2, 0.25) is 0 Å². The number of aromatic nitrogens is 2. The molecule has 148 valence electrons. The standard InChI is InChI=1S/C18H19ClN4O4S/c1-10-5-6-13(19)14(7-10)22-28(25,26)16-8-15(27-11(16)2)17-12(9-20-21-17)18(24)23(3)4/h5-9,22H,1-4H3,(H,20,21). The fourth-order valence-electron chi connectivity index (χ4n) is 2.65. The average Bonchev–Trinajstić information content (AvgIpc) is 3.23. The minimum absolute atomic E-state index is 0.0575. The predicted molar refractivity (Wildman–Crippen MR) is 106 cm³/mol. The summed E-state index contributed by atoms with van der Waals surface area (Å²) in [5, 5.41) is 6.85. The van der Waals surface area contributed by atoms with Crippen molar-refractivity contribution in [2.75, 3.05) is 18.8 Å². The van der Waals surface area contributed by atoms with Crippen LogP contribution in [0.15, 0.2) is 39.8 Å². The lowest BCUT2D eigenvalue weighted by Crippen LogP contribution is -2.21. The Morgan fingerprint density at radius 2 is 1.96 bits per heavy atom. The van der Waals surface area contributed by atoms with Gasteiger partial charge in [-0.15, -0.1) is 0 Å². The van der Waals surface area contributed by atoms with Crippen molar-refractivity contribution in [2.45, 2.75) is 18.7 Å². The van der Waals surface area contributed by atoms with E-state index in [9.17, 15) is 13.2 Å². The third-order valence-corrected chi connectivity index (χ3v) is 5.85. The van der Waals surface area contributed by atoms with Gasteiger partial charge in [0.15, 0.2) is 5.76 Å². The molecule has 0 atom stereocenters. The average molecular weight is 423 g/mol. The number of benzene rings is 1. The van der Waals surface area contributed by atoms with Crippen molar-refractivity contribution in [3.05, 3.63) is 52.4 Å². The fraction of sp³-hybridized carbons (Fsp3) is 0.222. The second kappa shape index (κ2) is 7.33. The minimum Gasteiger partial charge on any atom is -0.458 e. The number of H-pyrrole nitrogens is 1. The van der Waals surface area contributed by atoms with Crippen LogP contribution in [0.5, 0.6) is 0 Å². The second-order valence-corrected chi connectivity index (χ2v) is 8.54. The summed E-state index contributed by atoms with van der Waals surface area (Å²) < 4.78 is 33.8. The third-order valence-electron chi connectivity index (χ3n) is 4.05. The van der Waals surface area contributed by atoms with Crippen molar-refractivity contribution in [1.29, 1.82) is 0 Å². The van der Waals surface area contributed by atoms with E-state index in [0.29, 0.717) is 5.69 Å². The Hall–Kier alpha value is -2.78. The maximum atomic E-state index is 12.9. The van der Waals surface area contributed by atoms with Gasteiger partial charge in [0.25, 0.3) is 15.9 Å². The number of carbonyl (C=O) groups excluding carboxylic acids is 1. The number of nitrogens with zero attached hydrogens (tertiary/aromatic N) is 2. The van der Waals surface area contributed by atoms with E-state index in [2.05, 4.69) is 14.9 Å². The molecule has 0 bridgehead atoms. The quantitative estimate of drug-likeness (QED) is 0.654. The van der Waals surface area contributed by atoms with Crippen LogP contribution < -0.4 is 4.72 Å². The molecule has 0 aliphatic heterocycles. The molecule has 3 aromatic rings. The largest absolute Gasteiger partial charge is 0.458 e. The molecule has 0 radical (unpaired) electrons. The summed E-state index contributed by atoms with van der Waals surface area (Å²) in [5.41, 5.74) is 1.71. The molecular weight excluding hydrogens is 404 g/mol. The Labute approximate surface area is 167 Å². The van der Waals surface area contributed by atoms with Gasteiger partial charge < -0.3 is 9.32 Å². The first-order chi connectivity index (χ1) is 13.1. The van der Waals surface area contributed by atoms with Gasteiger partial charge in [-0.05, 0) is 31.5 Å². The highest BCUT2D eigenvalue weighted by Crippen LogP contribution is 2.32. The van der Waals surface area contributed by atoms with Crippen LogP contribution in [-0.4, -0.2) is 43.5 Å². The number of anilines is 1. The molecule has 0 aliphatic carbocycles. The molecule has 28 heavy (non-hydrogen) atoms. The first kappa shape index (κ1) is 20.0. The summed E-state index contributed by atoms with van der Waals surface area (Å²) in [6.45, 7) is 3.36. The molecule has 10 heteroatoms. The summed E-state index contributed by atoms with van der Waals surface area (Å²) in [6.07, 6.45) is 1.37. The summed E-state index contributed by atoms with van der Waals surface area (Å²) in [6, 6.07) is 6.38. The van der Waals surface area contributed by atoms with Gasteiger partial charge in [0.1, 0.15) is 16.3 Å². The maximum Gasteiger partial charge on any atom is 0.265 e. The number of hydrogen-bond acceptors (Lipinski definition) is 5. The lowest BCUT2D eigenvalue weighted by atomic mass is 10.2. The van der Waals surface area contributed by atoms with E-state index >= 15 is 0 Å². The number of amides is 1. The third kappa shape index (κ3) is 3.76. The Morgan fingerprint density at radius 1 is 1.25 bits per heavy atom. The van der Waals surface area contributed by atoms with E-state index < -0.39 is 10.0 Å². The smallest absolute Gasteiger partial charge is 0.265 e. The lowest BCUT2D eigenvalue weighted by molar-refractivity contribution is 0.0828. The SMILES string of the molecule is Cc1ccc(Cl)c(NS(=O)(=O)c2cc(-c3[nH]ncc3C(=O)N(C)C)oc2C)c1. The van der Waals surface area contributed by atoms with Crippen molar-refractivity contribution < 1.29 is 17.6 Å². The highest BCUT2D eigenvalue weighted by atomic mass is 35.5. The van der Waals surface area contributed by atoms with Crippen LogP contribution in [0.4, 0.5) is 5.69 Å². The van der Waals surface area contributed by atoms with E-state index in [1.54, 1.807) is 32.3 Å². The highest BCUT2D eigenvalue weighted by molar-refractivity contribution is 7.92. The number of rotatable bonds is 5. The van der Waals surface area contributed by atoms with Crippen LogP contribution >= 0.6 is 11.6 Å². The zero-order valence-electron chi connectivity index (χ0n) is 15.7. The van der Waals surface area contributed by atoms with Crippen LogP contribution in [0.2, 0.25) is 5.02 Å². The molecule has 0 saturated heterocycles. The van der Waals surface area contributed by atoms with Gasteiger partial charge in [-0.1, -0.05) is 17.7 Å². The lowest BCUT2D eigenvalue weighted by Gasteiger charge is -2.09. The molecule has 8 nitrogen and oxygen atoms in total. The molecule has 0 aliphatic rings. The Balaban J connectivity index is 2.00. The highest BCUT2D eigenvalue weighted by Gasteiger charge is 2.26. The van der Waals surface area contributed by atoms with Gasteiger partial charge in [-0.25, -0.2) is 8.42 Å². The Kier molecular flexibility index (Phi) is 5.22. The molecule has 0 saturated carbocycles. The molecule has 1 amide bonds. The predicted octanol–water partition coefficient (Wildman–Crippen LogP) is 3.44. The van der Waals surface area contributed by atoms with Crippen molar-refractivity contribution in [3.63, 3.8) is 0 Å². The van der Waals surface area contributed by atoms with Gasteiger partial charge in [0.05, 0.1) is 22.5 Å². The van der Waals surface area contributed by atoms with Crippen molar-refractivity contribution in [2.24, 2.45) is 0 Å². The summed E-state index contributed by atoms with van der Waals surface area (Å²) in [4.78, 5) is 13.6. The minimum atomic E-state index is -3.96. The fourth-order valence-corrected chi connectivity index (χ4v) is 4.12. The first-order valence-electron chi connectivity index (χ1n) is 8.25. The van der Waals surface area contributed by atoms with Gasteiger partial charge in [0, 0.05) is 20.2 Å². The molecule has 2 aromatic heterocycles. The Morgan fingerprint density at radius 3 is 2.64 bits per heavy atom. The van der Waals surface area contributed by atoms with Gasteiger partial charge >= 0.3 is 0 Å². The first-order valence-corrected chi connectivity index (χ1v) is 10.1. The molecule has 3 rings (SSSR count). The summed E-state index contributed by atoms with van der Waals surface area (Å²) in [5.74, 6) is 0.0759. The zero-order valence-corrected chi connectivity index (χ0v) is 17.3. The number of nitrogens with one attached hydrogen (secondary N) is 2. The van der Waals surface area contributed by atoms with Gasteiger partial charge in [-0.3, -0.25) is 14.6 Å².